The van der Waals surface area contributed by atoms with Crippen molar-refractivity contribution in [3.05, 3.63) is 95.6 Å². The van der Waals surface area contributed by atoms with E-state index >= 15 is 0 Å². The summed E-state index contributed by atoms with van der Waals surface area (Å²) in [4.78, 5) is 61.1. The van der Waals surface area contributed by atoms with Gasteiger partial charge in [0.15, 0.2) is 0 Å². The molecule has 1 atom stereocenters. The summed E-state index contributed by atoms with van der Waals surface area (Å²) in [6.45, 7) is 9.45. The minimum atomic E-state index is -1.74. The molecule has 1 fully saturated rings. The molecular weight excluding hydrogens is 638 g/mol. The third kappa shape index (κ3) is 7.99. The van der Waals surface area contributed by atoms with Gasteiger partial charge in [-0.2, -0.15) is 0 Å². The van der Waals surface area contributed by atoms with Crippen LogP contribution in [0.2, 0.25) is 0 Å². The molecule has 1 saturated heterocycles. The second-order valence-corrected chi connectivity index (χ2v) is 13.5. The number of carbonyl (C=O) groups excluding carboxylic acids is 4. The Morgan fingerprint density at radius 1 is 0.880 bits per heavy atom. The average molecular weight is 686 g/mol. The summed E-state index contributed by atoms with van der Waals surface area (Å²) in [7, 11) is 2.81. The van der Waals surface area contributed by atoms with Crippen LogP contribution in [-0.2, 0) is 47.5 Å². The Bertz CT molecular complexity index is 1670. The lowest BCUT2D eigenvalue weighted by Gasteiger charge is -2.37. The fourth-order valence-electron chi connectivity index (χ4n) is 6.29. The Labute approximate surface area is 293 Å². The molecule has 3 aromatic rings. The van der Waals surface area contributed by atoms with Crippen LogP contribution in [0.1, 0.15) is 44.4 Å². The molecule has 266 valence electrons. The van der Waals surface area contributed by atoms with E-state index in [0.717, 1.165) is 11.1 Å². The van der Waals surface area contributed by atoms with Crippen molar-refractivity contribution in [2.75, 3.05) is 56.7 Å². The fraction of sp³-hybridized carbons (Fsp3) is 0.421. The van der Waals surface area contributed by atoms with Crippen molar-refractivity contribution >= 4 is 35.2 Å². The molecule has 12 nitrogen and oxygen atoms in total. The number of methoxy groups -OCH3 is 2. The quantitative estimate of drug-likeness (QED) is 0.298. The number of fused-ring (bicyclic) bond motifs is 1. The Morgan fingerprint density at radius 3 is 2.06 bits per heavy atom. The van der Waals surface area contributed by atoms with E-state index in [2.05, 4.69) is 5.32 Å². The normalized spacial score (nSPS) is 16.5. The second-order valence-electron chi connectivity index (χ2n) is 13.5. The first-order chi connectivity index (χ1) is 23.9. The van der Waals surface area contributed by atoms with Crippen molar-refractivity contribution < 1.29 is 33.4 Å². The standard InChI is InChI=1S/C38H47N5O7/c1-27(34(45)39-24-28-13-9-7-10-14-28)43(33(44)26-40-19-21-41(22-20-40)36(47)50-37(2,3)4)30-17-18-32-31(23-30)38(48-5,49-6)35(46)42(32)25-29-15-11-8-12-16-29/h7-18,23,27H,19-22,24-26H2,1-6H3,(H,39,45). The van der Waals surface area contributed by atoms with Crippen LogP contribution in [-0.4, -0.2) is 92.2 Å². The maximum absolute atomic E-state index is 14.3. The molecule has 4 amide bonds. The molecule has 0 bridgehead atoms. The van der Waals surface area contributed by atoms with Gasteiger partial charge in [0.25, 0.3) is 11.7 Å². The number of rotatable bonds is 11. The molecule has 0 spiro atoms. The molecule has 1 unspecified atom stereocenters. The molecule has 12 heteroatoms. The Balaban J connectivity index is 1.43. The summed E-state index contributed by atoms with van der Waals surface area (Å²) in [6, 6.07) is 23.4. The lowest BCUT2D eigenvalue weighted by molar-refractivity contribution is -0.209. The summed E-state index contributed by atoms with van der Waals surface area (Å²) in [5, 5.41) is 2.96. The second kappa shape index (κ2) is 15.4. The zero-order chi connectivity index (χ0) is 36.1. The largest absolute Gasteiger partial charge is 0.444 e. The topological polar surface area (TPSA) is 121 Å². The van der Waals surface area contributed by atoms with Gasteiger partial charge in [0.2, 0.25) is 11.8 Å². The predicted octanol–water partition coefficient (Wildman–Crippen LogP) is 4.27. The van der Waals surface area contributed by atoms with E-state index < -0.39 is 23.3 Å². The van der Waals surface area contributed by atoms with Crippen LogP contribution in [0.3, 0.4) is 0 Å². The van der Waals surface area contributed by atoms with Gasteiger partial charge in [0.1, 0.15) is 11.6 Å². The number of piperazine rings is 1. The van der Waals surface area contributed by atoms with Crippen LogP contribution in [0, 0.1) is 0 Å². The lowest BCUT2D eigenvalue weighted by atomic mass is 10.0. The van der Waals surface area contributed by atoms with Crippen molar-refractivity contribution in [3.8, 4) is 0 Å². The molecular formula is C38H47N5O7. The predicted molar refractivity (Wildman–Crippen MR) is 189 cm³/mol. The molecule has 0 saturated carbocycles. The van der Waals surface area contributed by atoms with Crippen molar-refractivity contribution in [1.29, 1.82) is 0 Å². The number of hydrogen-bond acceptors (Lipinski definition) is 8. The van der Waals surface area contributed by atoms with E-state index in [9.17, 15) is 19.2 Å². The first-order valence-corrected chi connectivity index (χ1v) is 16.8. The van der Waals surface area contributed by atoms with Crippen molar-refractivity contribution in [1.82, 2.24) is 15.1 Å². The van der Waals surface area contributed by atoms with Gasteiger partial charge in [-0.15, -0.1) is 0 Å². The minimum Gasteiger partial charge on any atom is -0.444 e. The Morgan fingerprint density at radius 2 is 1.48 bits per heavy atom. The zero-order valence-corrected chi connectivity index (χ0v) is 29.7. The van der Waals surface area contributed by atoms with E-state index in [-0.39, 0.29) is 31.0 Å². The first-order valence-electron chi connectivity index (χ1n) is 16.8. The molecule has 2 heterocycles. The van der Waals surface area contributed by atoms with Crippen LogP contribution in [0.25, 0.3) is 0 Å². The van der Waals surface area contributed by atoms with Crippen molar-refractivity contribution in [3.63, 3.8) is 0 Å². The lowest BCUT2D eigenvalue weighted by Crippen LogP contribution is -2.55. The number of nitrogens with zero attached hydrogens (tertiary/aromatic N) is 4. The molecule has 0 radical (unpaired) electrons. The summed E-state index contributed by atoms with van der Waals surface area (Å²) in [5.41, 5.74) is 2.67. The fourth-order valence-corrected chi connectivity index (χ4v) is 6.29. The third-order valence-corrected chi connectivity index (χ3v) is 8.92. The Hall–Kier alpha value is -4.78. The summed E-state index contributed by atoms with van der Waals surface area (Å²) in [5.74, 6) is -2.80. The number of anilines is 2. The van der Waals surface area contributed by atoms with Gasteiger partial charge in [-0.3, -0.25) is 24.2 Å². The molecule has 1 N–H and O–H groups in total. The van der Waals surface area contributed by atoms with E-state index in [1.165, 1.54) is 19.1 Å². The van der Waals surface area contributed by atoms with Crippen molar-refractivity contribution in [2.24, 2.45) is 0 Å². The molecule has 2 aliphatic heterocycles. The van der Waals surface area contributed by atoms with Gasteiger partial charge in [0, 0.05) is 58.2 Å². The summed E-state index contributed by atoms with van der Waals surface area (Å²) >= 11 is 0. The highest BCUT2D eigenvalue weighted by Crippen LogP contribution is 2.45. The van der Waals surface area contributed by atoms with Crippen LogP contribution >= 0.6 is 0 Å². The van der Waals surface area contributed by atoms with Gasteiger partial charge in [-0.05, 0) is 57.0 Å². The summed E-state index contributed by atoms with van der Waals surface area (Å²) < 4.78 is 17.1. The van der Waals surface area contributed by atoms with E-state index in [4.69, 9.17) is 14.2 Å². The van der Waals surface area contributed by atoms with Crippen LogP contribution in [0.15, 0.2) is 78.9 Å². The van der Waals surface area contributed by atoms with Crippen molar-refractivity contribution in [2.45, 2.75) is 58.2 Å². The molecule has 5 rings (SSSR count). The average Bonchev–Trinajstić information content (AvgIpc) is 3.33. The number of benzene rings is 3. The highest BCUT2D eigenvalue weighted by molar-refractivity contribution is 6.07. The zero-order valence-electron chi connectivity index (χ0n) is 29.7. The van der Waals surface area contributed by atoms with E-state index in [1.54, 1.807) is 34.9 Å². The molecule has 3 aromatic carbocycles. The molecule has 0 aliphatic carbocycles. The Kier molecular flexibility index (Phi) is 11.2. The monoisotopic (exact) mass is 685 g/mol. The van der Waals surface area contributed by atoms with Gasteiger partial charge < -0.3 is 29.3 Å². The first kappa shape index (κ1) is 36.5. The molecule has 0 aromatic heterocycles. The van der Waals surface area contributed by atoms with Gasteiger partial charge in [0.05, 0.1) is 18.8 Å². The highest BCUT2D eigenvalue weighted by atomic mass is 16.7. The smallest absolute Gasteiger partial charge is 0.410 e. The third-order valence-electron chi connectivity index (χ3n) is 8.92. The maximum Gasteiger partial charge on any atom is 0.410 e. The number of hydrogen-bond donors (Lipinski definition) is 1. The molecule has 2 aliphatic rings. The van der Waals surface area contributed by atoms with E-state index in [1.807, 2.05) is 86.3 Å². The highest BCUT2D eigenvalue weighted by Gasteiger charge is 2.53. The maximum atomic E-state index is 14.3. The SMILES string of the molecule is COC1(OC)C(=O)N(Cc2ccccc2)c2ccc(N(C(=O)CN3CCN(C(=O)OC(C)(C)C)CC3)C(C)C(=O)NCc3ccccc3)cc21. The van der Waals surface area contributed by atoms with Crippen LogP contribution in [0.4, 0.5) is 16.2 Å². The van der Waals surface area contributed by atoms with Gasteiger partial charge in [-0.1, -0.05) is 60.7 Å². The molecule has 50 heavy (non-hydrogen) atoms. The minimum absolute atomic E-state index is 0.00824. The number of ether oxygens (including phenoxy) is 3. The van der Waals surface area contributed by atoms with Gasteiger partial charge in [-0.25, -0.2) is 4.79 Å². The van der Waals surface area contributed by atoms with Crippen LogP contribution < -0.4 is 15.1 Å². The number of carbonyl (C=O) groups is 4. The van der Waals surface area contributed by atoms with Gasteiger partial charge >= 0.3 is 6.09 Å². The van der Waals surface area contributed by atoms with E-state index in [0.29, 0.717) is 49.7 Å². The number of amides is 4. The summed E-state index contributed by atoms with van der Waals surface area (Å²) in [6.07, 6.45) is -0.387. The number of nitrogens with one attached hydrogen (secondary N) is 1. The van der Waals surface area contributed by atoms with Crippen LogP contribution in [0.5, 0.6) is 0 Å².